The molecule has 2 aromatic rings. The molecule has 0 N–H and O–H groups in total. The van der Waals surface area contributed by atoms with Gasteiger partial charge in [-0.25, -0.2) is 13.6 Å². The Hall–Kier alpha value is -2.93. The zero-order valence-corrected chi connectivity index (χ0v) is 16.0. The summed E-state index contributed by atoms with van der Waals surface area (Å²) in [6, 6.07) is 5.86. The molecule has 0 spiro atoms. The number of carbonyl (C=O) groups is 2. The van der Waals surface area contributed by atoms with Crippen LogP contribution in [-0.4, -0.2) is 32.1 Å². The molecule has 2 rings (SSSR count). The van der Waals surface area contributed by atoms with Gasteiger partial charge in [-0.3, -0.25) is 4.79 Å². The lowest BCUT2D eigenvalue weighted by Crippen LogP contribution is -2.23. The number of hydrogen-bond donors (Lipinski definition) is 0. The number of Topliss-reactive ketones (excluding diaryl/α,β-unsaturated/α-hetero) is 1. The van der Waals surface area contributed by atoms with Crippen molar-refractivity contribution < 1.29 is 32.6 Å². The largest absolute Gasteiger partial charge is 0.493 e. The third kappa shape index (κ3) is 5.07. The molecular weight excluding hydrogens is 394 g/mol. The van der Waals surface area contributed by atoms with Crippen molar-refractivity contribution in [1.29, 1.82) is 0 Å². The van der Waals surface area contributed by atoms with E-state index in [1.165, 1.54) is 27.2 Å². The molecule has 0 aliphatic rings. The highest BCUT2D eigenvalue weighted by atomic mass is 35.5. The molecule has 2 aromatic carbocycles. The van der Waals surface area contributed by atoms with Crippen molar-refractivity contribution >= 4 is 29.4 Å². The van der Waals surface area contributed by atoms with Gasteiger partial charge in [0.25, 0.3) is 0 Å². The predicted octanol–water partition coefficient (Wildman–Crippen LogP) is 4.46. The van der Waals surface area contributed by atoms with Gasteiger partial charge in [-0.1, -0.05) is 11.6 Å². The van der Waals surface area contributed by atoms with E-state index in [4.69, 9.17) is 25.8 Å². The van der Waals surface area contributed by atoms with Crippen LogP contribution in [0.4, 0.5) is 8.78 Å². The molecule has 0 amide bonds. The Morgan fingerprint density at radius 3 is 2.39 bits per heavy atom. The van der Waals surface area contributed by atoms with Crippen molar-refractivity contribution in [3.8, 4) is 11.5 Å². The number of esters is 1. The second-order valence-electron chi connectivity index (χ2n) is 5.64. The van der Waals surface area contributed by atoms with Crippen molar-refractivity contribution in [2.45, 2.75) is 13.0 Å². The predicted molar refractivity (Wildman–Crippen MR) is 99.8 cm³/mol. The summed E-state index contributed by atoms with van der Waals surface area (Å²) >= 11 is 6.09. The normalized spacial score (nSPS) is 11.9. The molecule has 0 radical (unpaired) electrons. The standard InChI is InChI=1S/C20H17ClF2O5/c1-11(19(25)13-5-6-15(22)16(23)10-13)28-18(24)7-4-12-8-14(21)20(27-3)17(9-12)26-2/h4-11H,1-3H3/b7-4+. The Bertz CT molecular complexity index is 927. The van der Waals surface area contributed by atoms with Crippen LogP contribution in [0.1, 0.15) is 22.8 Å². The Balaban J connectivity index is 2.07. The van der Waals surface area contributed by atoms with E-state index in [9.17, 15) is 18.4 Å². The number of ether oxygens (including phenoxy) is 3. The maximum atomic E-state index is 13.2. The highest BCUT2D eigenvalue weighted by Gasteiger charge is 2.20. The third-order valence-electron chi connectivity index (χ3n) is 3.73. The summed E-state index contributed by atoms with van der Waals surface area (Å²) in [5.74, 6) is -2.95. The van der Waals surface area contributed by atoms with Crippen LogP contribution in [-0.2, 0) is 9.53 Å². The molecule has 0 heterocycles. The summed E-state index contributed by atoms with van der Waals surface area (Å²) in [5, 5.41) is 0.289. The molecule has 8 heteroatoms. The van der Waals surface area contributed by atoms with Crippen LogP contribution in [0.2, 0.25) is 5.02 Å². The molecular formula is C20H17ClF2O5. The fourth-order valence-electron chi connectivity index (χ4n) is 2.35. The Morgan fingerprint density at radius 2 is 1.79 bits per heavy atom. The van der Waals surface area contributed by atoms with Gasteiger partial charge < -0.3 is 14.2 Å². The van der Waals surface area contributed by atoms with E-state index in [1.54, 1.807) is 12.1 Å². The molecule has 1 atom stereocenters. The van der Waals surface area contributed by atoms with Crippen molar-refractivity contribution in [2.75, 3.05) is 14.2 Å². The zero-order valence-electron chi connectivity index (χ0n) is 15.3. The second kappa shape index (κ2) is 9.32. The van der Waals surface area contributed by atoms with Gasteiger partial charge in [0.15, 0.2) is 29.2 Å². The number of methoxy groups -OCH3 is 2. The third-order valence-corrected chi connectivity index (χ3v) is 4.01. The first-order valence-corrected chi connectivity index (χ1v) is 8.44. The molecule has 0 saturated carbocycles. The maximum Gasteiger partial charge on any atom is 0.331 e. The van der Waals surface area contributed by atoms with Gasteiger partial charge in [-0.2, -0.15) is 0 Å². The fourth-order valence-corrected chi connectivity index (χ4v) is 2.65. The zero-order chi connectivity index (χ0) is 20.8. The number of benzene rings is 2. The number of hydrogen-bond acceptors (Lipinski definition) is 5. The van der Waals surface area contributed by atoms with E-state index in [0.29, 0.717) is 17.1 Å². The van der Waals surface area contributed by atoms with Gasteiger partial charge >= 0.3 is 5.97 Å². The summed E-state index contributed by atoms with van der Waals surface area (Å²) in [5.41, 5.74) is 0.439. The molecule has 0 aromatic heterocycles. The van der Waals surface area contributed by atoms with Crippen molar-refractivity contribution in [1.82, 2.24) is 0 Å². The number of halogens is 3. The second-order valence-corrected chi connectivity index (χ2v) is 6.05. The maximum absolute atomic E-state index is 13.2. The molecule has 0 aliphatic carbocycles. The van der Waals surface area contributed by atoms with Crippen molar-refractivity contribution in [3.05, 3.63) is 64.2 Å². The summed E-state index contributed by atoms with van der Waals surface area (Å²) < 4.78 is 41.5. The average molecular weight is 411 g/mol. The highest BCUT2D eigenvalue weighted by Crippen LogP contribution is 2.36. The summed E-state index contributed by atoms with van der Waals surface area (Å²) in [6.45, 7) is 1.34. The molecule has 28 heavy (non-hydrogen) atoms. The molecule has 0 fully saturated rings. The van der Waals surface area contributed by atoms with Crippen LogP contribution in [0.25, 0.3) is 6.08 Å². The van der Waals surface area contributed by atoms with Crippen LogP contribution in [0.15, 0.2) is 36.4 Å². The first-order valence-electron chi connectivity index (χ1n) is 8.06. The Morgan fingerprint density at radius 1 is 1.07 bits per heavy atom. The van der Waals surface area contributed by atoms with Crippen molar-refractivity contribution in [2.24, 2.45) is 0 Å². The van der Waals surface area contributed by atoms with E-state index in [0.717, 1.165) is 24.3 Å². The molecule has 0 aliphatic heterocycles. The molecule has 5 nitrogen and oxygen atoms in total. The van der Waals surface area contributed by atoms with Crippen LogP contribution in [0.5, 0.6) is 11.5 Å². The monoisotopic (exact) mass is 410 g/mol. The molecule has 0 saturated heterocycles. The minimum absolute atomic E-state index is 0.102. The minimum atomic E-state index is -1.18. The Labute approximate surface area is 165 Å². The lowest BCUT2D eigenvalue weighted by Gasteiger charge is -2.11. The van der Waals surface area contributed by atoms with Gasteiger partial charge in [0, 0.05) is 11.6 Å². The minimum Gasteiger partial charge on any atom is -0.493 e. The van der Waals surface area contributed by atoms with Gasteiger partial charge in [0.1, 0.15) is 0 Å². The Kier molecular flexibility index (Phi) is 7.12. The number of carbonyl (C=O) groups excluding carboxylic acids is 2. The summed E-state index contributed by atoms with van der Waals surface area (Å²) in [7, 11) is 2.89. The lowest BCUT2D eigenvalue weighted by molar-refractivity contribution is -0.140. The van der Waals surface area contributed by atoms with Gasteiger partial charge in [-0.05, 0) is 48.9 Å². The smallest absolute Gasteiger partial charge is 0.331 e. The highest BCUT2D eigenvalue weighted by molar-refractivity contribution is 6.32. The number of ketones is 1. The quantitative estimate of drug-likeness (QED) is 0.383. The molecule has 148 valence electrons. The van der Waals surface area contributed by atoms with E-state index in [2.05, 4.69) is 0 Å². The van der Waals surface area contributed by atoms with E-state index in [-0.39, 0.29) is 10.6 Å². The van der Waals surface area contributed by atoms with Crippen LogP contribution in [0, 0.1) is 11.6 Å². The molecule has 1 unspecified atom stereocenters. The van der Waals surface area contributed by atoms with E-state index < -0.39 is 29.5 Å². The fraction of sp³-hybridized carbons (Fsp3) is 0.200. The first-order chi connectivity index (χ1) is 13.3. The lowest BCUT2D eigenvalue weighted by atomic mass is 10.1. The van der Waals surface area contributed by atoms with Gasteiger partial charge in [-0.15, -0.1) is 0 Å². The van der Waals surface area contributed by atoms with Gasteiger partial charge in [0.05, 0.1) is 19.2 Å². The molecule has 0 bridgehead atoms. The van der Waals surface area contributed by atoms with Crippen LogP contribution < -0.4 is 9.47 Å². The first kappa shape index (κ1) is 21.4. The average Bonchev–Trinajstić information content (AvgIpc) is 2.67. The van der Waals surface area contributed by atoms with Gasteiger partial charge in [0.2, 0.25) is 5.78 Å². The number of rotatable bonds is 7. The summed E-state index contributed by atoms with van der Waals surface area (Å²) in [6.07, 6.45) is 1.34. The summed E-state index contributed by atoms with van der Waals surface area (Å²) in [4.78, 5) is 24.1. The topological polar surface area (TPSA) is 61.8 Å². The SMILES string of the molecule is COc1cc(/C=C/C(=O)OC(C)C(=O)c2ccc(F)c(F)c2)cc(Cl)c1OC. The van der Waals surface area contributed by atoms with Crippen LogP contribution in [0.3, 0.4) is 0 Å². The van der Waals surface area contributed by atoms with E-state index >= 15 is 0 Å². The van der Waals surface area contributed by atoms with Crippen molar-refractivity contribution in [3.63, 3.8) is 0 Å². The van der Waals surface area contributed by atoms with E-state index in [1.807, 2.05) is 0 Å². The van der Waals surface area contributed by atoms with Crippen LogP contribution >= 0.6 is 11.6 Å².